The Morgan fingerprint density at radius 1 is 1.15 bits per heavy atom. The highest BCUT2D eigenvalue weighted by Gasteiger charge is 2.31. The van der Waals surface area contributed by atoms with E-state index in [0.717, 1.165) is 6.26 Å². The van der Waals surface area contributed by atoms with Crippen LogP contribution in [0.2, 0.25) is 15.1 Å². The number of carbonyl (C=O) groups is 1. The number of fused-ring (bicyclic) bond motifs is 1. The maximum atomic E-state index is 12.7. The van der Waals surface area contributed by atoms with Gasteiger partial charge in [0.1, 0.15) is 5.75 Å². The molecule has 2 aromatic carbocycles. The van der Waals surface area contributed by atoms with Crippen molar-refractivity contribution in [3.63, 3.8) is 0 Å². The maximum absolute atomic E-state index is 12.7. The van der Waals surface area contributed by atoms with Crippen LogP contribution in [-0.4, -0.2) is 33.2 Å². The van der Waals surface area contributed by atoms with Crippen molar-refractivity contribution in [2.75, 3.05) is 22.4 Å². The molecule has 0 aromatic heterocycles. The average Bonchev–Trinajstić information content (AvgIpc) is 2.77. The van der Waals surface area contributed by atoms with E-state index in [1.165, 1.54) is 22.5 Å². The molecule has 6 nitrogen and oxygen atoms in total. The van der Waals surface area contributed by atoms with Crippen molar-refractivity contribution in [3.8, 4) is 5.75 Å². The van der Waals surface area contributed by atoms with Crippen LogP contribution in [0.25, 0.3) is 0 Å². The van der Waals surface area contributed by atoms with E-state index in [-0.39, 0.29) is 18.7 Å². The second-order valence-electron chi connectivity index (χ2n) is 5.96. The van der Waals surface area contributed by atoms with Gasteiger partial charge in [-0.2, -0.15) is 0 Å². The first-order chi connectivity index (χ1) is 12.6. The van der Waals surface area contributed by atoms with Gasteiger partial charge in [-0.15, -0.1) is 0 Å². The number of hydrogen-bond acceptors (Lipinski definition) is 4. The summed E-state index contributed by atoms with van der Waals surface area (Å²) < 4.78 is 31.3. The average molecular weight is 450 g/mol. The topological polar surface area (TPSA) is 75.7 Å². The van der Waals surface area contributed by atoms with Crippen LogP contribution in [0.4, 0.5) is 11.4 Å². The molecule has 27 heavy (non-hydrogen) atoms. The molecule has 0 radical (unpaired) electrons. The number of sulfonamides is 1. The summed E-state index contributed by atoms with van der Waals surface area (Å²) in [5.41, 5.74) is 0.638. The third-order valence-electron chi connectivity index (χ3n) is 3.93. The minimum Gasteiger partial charge on any atom is -0.478 e. The number of rotatable bonds is 3. The van der Waals surface area contributed by atoms with Gasteiger partial charge in [-0.25, -0.2) is 8.42 Å². The van der Waals surface area contributed by atoms with Crippen molar-refractivity contribution in [3.05, 3.63) is 51.5 Å². The Morgan fingerprint density at radius 3 is 2.52 bits per heavy atom. The van der Waals surface area contributed by atoms with Crippen molar-refractivity contribution in [1.29, 1.82) is 0 Å². The predicted molar refractivity (Wildman–Crippen MR) is 108 cm³/mol. The van der Waals surface area contributed by atoms with Crippen molar-refractivity contribution < 1.29 is 17.9 Å². The second kappa shape index (κ2) is 7.75. The first kappa shape index (κ1) is 20.1. The number of carbonyl (C=O) groups excluding carboxylic acids is 1. The molecule has 1 atom stereocenters. The maximum Gasteiger partial charge on any atom is 0.265 e. The molecule has 10 heteroatoms. The van der Waals surface area contributed by atoms with Gasteiger partial charge in [-0.3, -0.25) is 9.10 Å². The first-order valence-electron chi connectivity index (χ1n) is 7.85. The number of nitrogens with one attached hydrogen (secondary N) is 1. The Bertz CT molecular complexity index is 998. The summed E-state index contributed by atoms with van der Waals surface area (Å²) in [7, 11) is -3.58. The molecule has 0 aliphatic carbocycles. The van der Waals surface area contributed by atoms with Gasteiger partial charge in [0, 0.05) is 23.0 Å². The van der Waals surface area contributed by atoms with E-state index in [0.29, 0.717) is 26.4 Å². The molecule has 0 spiro atoms. The number of hydrogen-bond donors (Lipinski definition) is 1. The molecule has 0 saturated heterocycles. The Balaban J connectivity index is 1.90. The molecule has 1 aliphatic rings. The fourth-order valence-electron chi connectivity index (χ4n) is 2.69. The van der Waals surface area contributed by atoms with E-state index in [1.807, 2.05) is 0 Å². The smallest absolute Gasteiger partial charge is 0.265 e. The molecular formula is C17H15Cl3N2O4S. The van der Waals surface area contributed by atoms with Gasteiger partial charge >= 0.3 is 0 Å². The fraction of sp³-hybridized carbons (Fsp3) is 0.235. The second-order valence-corrected chi connectivity index (χ2v) is 9.14. The lowest BCUT2D eigenvalue weighted by molar-refractivity contribution is -0.122. The van der Waals surface area contributed by atoms with Crippen LogP contribution in [0.1, 0.15) is 6.42 Å². The van der Waals surface area contributed by atoms with Crippen LogP contribution in [0.15, 0.2) is 36.4 Å². The summed E-state index contributed by atoms with van der Waals surface area (Å²) in [4.78, 5) is 12.7. The van der Waals surface area contributed by atoms with Crippen molar-refractivity contribution in [1.82, 2.24) is 0 Å². The molecule has 144 valence electrons. The summed E-state index contributed by atoms with van der Waals surface area (Å²) in [5.74, 6) is -0.213. The van der Waals surface area contributed by atoms with Gasteiger partial charge in [0.2, 0.25) is 10.0 Å². The first-order valence-corrected chi connectivity index (χ1v) is 10.8. The van der Waals surface area contributed by atoms with E-state index >= 15 is 0 Å². The number of ether oxygens (including phenoxy) is 1. The molecule has 0 saturated carbocycles. The van der Waals surface area contributed by atoms with Gasteiger partial charge in [0.15, 0.2) is 6.10 Å². The molecule has 3 rings (SSSR count). The summed E-state index contributed by atoms with van der Waals surface area (Å²) in [6.45, 7) is 0.0630. The minimum atomic E-state index is -3.58. The molecule has 1 amide bonds. The summed E-state index contributed by atoms with van der Waals surface area (Å²) in [5, 5.41) is 3.77. The lowest BCUT2D eigenvalue weighted by atomic mass is 10.2. The standard InChI is InChI=1S/C17H15Cl3N2O4S/c1-27(24,25)22-7-6-16(26-15-5-3-11(19)9-14(15)22)17(23)21-13-8-10(18)2-4-12(13)20/h2-5,8-9,16H,6-7H2,1H3,(H,21,23). The minimum absolute atomic E-state index is 0.0630. The molecule has 0 bridgehead atoms. The van der Waals surface area contributed by atoms with E-state index in [4.69, 9.17) is 39.5 Å². The zero-order valence-corrected chi connectivity index (χ0v) is 17.2. The van der Waals surface area contributed by atoms with Crippen LogP contribution < -0.4 is 14.4 Å². The number of halogens is 3. The van der Waals surface area contributed by atoms with Crippen molar-refractivity contribution in [2.45, 2.75) is 12.5 Å². The van der Waals surface area contributed by atoms with E-state index in [2.05, 4.69) is 5.32 Å². The van der Waals surface area contributed by atoms with E-state index in [1.54, 1.807) is 18.2 Å². The van der Waals surface area contributed by atoms with E-state index in [9.17, 15) is 13.2 Å². The van der Waals surface area contributed by atoms with E-state index < -0.39 is 22.0 Å². The number of anilines is 2. The largest absolute Gasteiger partial charge is 0.478 e. The van der Waals surface area contributed by atoms with Crippen molar-refractivity contribution >= 4 is 62.1 Å². The van der Waals surface area contributed by atoms with Gasteiger partial charge < -0.3 is 10.1 Å². The Morgan fingerprint density at radius 2 is 1.81 bits per heavy atom. The Hall–Kier alpha value is -1.67. The molecule has 2 aromatic rings. The van der Waals surface area contributed by atoms with Gasteiger partial charge in [-0.05, 0) is 36.4 Å². The molecule has 1 unspecified atom stereocenters. The highest BCUT2D eigenvalue weighted by atomic mass is 35.5. The Kier molecular flexibility index (Phi) is 5.76. The molecule has 0 fully saturated rings. The number of amides is 1. The monoisotopic (exact) mass is 448 g/mol. The molecule has 1 aliphatic heterocycles. The third-order valence-corrected chi connectivity index (χ3v) is 5.91. The SMILES string of the molecule is CS(=O)(=O)N1CCC(C(=O)Nc2cc(Cl)ccc2Cl)Oc2ccc(Cl)cc21. The lowest BCUT2D eigenvalue weighted by Gasteiger charge is -2.21. The lowest BCUT2D eigenvalue weighted by Crippen LogP contribution is -2.36. The Labute approximate surface area is 172 Å². The fourth-order valence-corrected chi connectivity index (χ4v) is 4.13. The van der Waals surface area contributed by atoms with Gasteiger partial charge in [0.25, 0.3) is 5.91 Å². The van der Waals surface area contributed by atoms with Crippen LogP contribution in [0.5, 0.6) is 5.75 Å². The van der Waals surface area contributed by atoms with Crippen LogP contribution in [-0.2, 0) is 14.8 Å². The number of benzene rings is 2. The molecular weight excluding hydrogens is 435 g/mol. The number of nitrogens with zero attached hydrogens (tertiary/aromatic N) is 1. The molecule has 1 N–H and O–H groups in total. The highest BCUT2D eigenvalue weighted by Crippen LogP contribution is 2.36. The van der Waals surface area contributed by atoms with Crippen molar-refractivity contribution in [2.24, 2.45) is 0 Å². The molecule has 1 heterocycles. The zero-order chi connectivity index (χ0) is 19.8. The summed E-state index contributed by atoms with van der Waals surface area (Å²) >= 11 is 18.0. The predicted octanol–water partition coefficient (Wildman–Crippen LogP) is 4.20. The summed E-state index contributed by atoms with van der Waals surface area (Å²) in [6, 6.07) is 9.28. The van der Waals surface area contributed by atoms with Crippen LogP contribution in [0.3, 0.4) is 0 Å². The summed E-state index contributed by atoms with van der Waals surface area (Å²) in [6.07, 6.45) is 0.305. The highest BCUT2D eigenvalue weighted by molar-refractivity contribution is 7.92. The quantitative estimate of drug-likeness (QED) is 0.762. The van der Waals surface area contributed by atoms with Gasteiger partial charge in [0.05, 0.1) is 22.7 Å². The normalized spacial score (nSPS) is 16.9. The van der Waals surface area contributed by atoms with Gasteiger partial charge in [-0.1, -0.05) is 34.8 Å². The van der Waals surface area contributed by atoms with Crippen LogP contribution >= 0.6 is 34.8 Å². The van der Waals surface area contributed by atoms with Crippen LogP contribution in [0, 0.1) is 0 Å². The zero-order valence-electron chi connectivity index (χ0n) is 14.1. The third kappa shape index (κ3) is 4.60.